The second-order valence-corrected chi connectivity index (χ2v) is 7.06. The highest BCUT2D eigenvalue weighted by molar-refractivity contribution is 7.89. The average molecular weight is 334 g/mol. The molecule has 0 saturated carbocycles. The predicted molar refractivity (Wildman–Crippen MR) is 77.8 cm³/mol. The van der Waals surface area contributed by atoms with Gasteiger partial charge >= 0.3 is 6.18 Å². The van der Waals surface area contributed by atoms with Gasteiger partial charge < -0.3 is 5.32 Å². The standard InChI is InChI=1S/C14H17F3N2O2S/c1-10-9-18-6-7-19(10)22(20,21)13-5-3-4-12(8-13)11(2)14(15,16)17/h3-5,8,10,18H,2,6-7,9H2,1H3. The summed E-state index contributed by atoms with van der Waals surface area (Å²) in [6.45, 7) is 6.06. The zero-order chi connectivity index (χ0) is 16.5. The minimum atomic E-state index is -4.59. The summed E-state index contributed by atoms with van der Waals surface area (Å²) in [6, 6.07) is 4.58. The van der Waals surface area contributed by atoms with Crippen LogP contribution in [0, 0.1) is 0 Å². The van der Waals surface area contributed by atoms with Crippen LogP contribution < -0.4 is 5.32 Å². The van der Waals surface area contributed by atoms with E-state index >= 15 is 0 Å². The van der Waals surface area contributed by atoms with Gasteiger partial charge in [-0.3, -0.25) is 0 Å². The summed E-state index contributed by atoms with van der Waals surface area (Å²) in [4.78, 5) is -0.149. The number of nitrogens with one attached hydrogen (secondary N) is 1. The van der Waals surface area contributed by atoms with Gasteiger partial charge in [-0.15, -0.1) is 0 Å². The van der Waals surface area contributed by atoms with E-state index in [1.54, 1.807) is 6.92 Å². The normalized spacial score (nSPS) is 20.8. The zero-order valence-electron chi connectivity index (χ0n) is 12.0. The van der Waals surface area contributed by atoms with Crippen molar-refractivity contribution >= 4 is 15.6 Å². The third kappa shape index (κ3) is 3.34. The number of hydrogen-bond donors (Lipinski definition) is 1. The molecular formula is C14H17F3N2O2S. The lowest BCUT2D eigenvalue weighted by molar-refractivity contribution is -0.0686. The van der Waals surface area contributed by atoms with Gasteiger partial charge in [0.15, 0.2) is 0 Å². The monoisotopic (exact) mass is 334 g/mol. The zero-order valence-corrected chi connectivity index (χ0v) is 12.8. The topological polar surface area (TPSA) is 49.4 Å². The Morgan fingerprint density at radius 1 is 1.41 bits per heavy atom. The van der Waals surface area contributed by atoms with E-state index in [0.717, 1.165) is 6.07 Å². The molecule has 0 bridgehead atoms. The fourth-order valence-electron chi connectivity index (χ4n) is 2.32. The number of halogens is 3. The Balaban J connectivity index is 2.38. The fraction of sp³-hybridized carbons (Fsp3) is 0.429. The summed E-state index contributed by atoms with van der Waals surface area (Å²) in [5.41, 5.74) is -1.30. The Morgan fingerprint density at radius 3 is 2.68 bits per heavy atom. The van der Waals surface area contributed by atoms with E-state index in [4.69, 9.17) is 0 Å². The van der Waals surface area contributed by atoms with Gasteiger partial charge in [0.25, 0.3) is 0 Å². The van der Waals surface area contributed by atoms with Crippen LogP contribution in [0.5, 0.6) is 0 Å². The molecule has 0 aromatic heterocycles. The van der Waals surface area contributed by atoms with Crippen LogP contribution in [0.2, 0.25) is 0 Å². The highest BCUT2D eigenvalue weighted by Gasteiger charge is 2.35. The first-order valence-corrected chi connectivity index (χ1v) is 8.17. The van der Waals surface area contributed by atoms with Crippen LogP contribution >= 0.6 is 0 Å². The molecule has 0 aliphatic carbocycles. The van der Waals surface area contributed by atoms with Crippen LogP contribution in [0.25, 0.3) is 5.57 Å². The SMILES string of the molecule is C=C(c1cccc(S(=O)(=O)N2CCNCC2C)c1)C(F)(F)F. The second-order valence-electron chi connectivity index (χ2n) is 5.17. The lowest BCUT2D eigenvalue weighted by atomic mass is 10.1. The second kappa shape index (κ2) is 6.02. The van der Waals surface area contributed by atoms with Gasteiger partial charge in [0.05, 0.1) is 10.5 Å². The first kappa shape index (κ1) is 17.0. The van der Waals surface area contributed by atoms with Gasteiger partial charge in [-0.1, -0.05) is 18.7 Å². The predicted octanol–water partition coefficient (Wildman–Crippen LogP) is 2.24. The molecule has 1 aliphatic rings. The average Bonchev–Trinajstić information content (AvgIpc) is 2.46. The molecule has 1 heterocycles. The first-order chi connectivity index (χ1) is 10.1. The summed E-state index contributed by atoms with van der Waals surface area (Å²) in [6.07, 6.45) is -4.59. The van der Waals surface area contributed by atoms with E-state index < -0.39 is 21.8 Å². The van der Waals surface area contributed by atoms with E-state index in [-0.39, 0.29) is 23.0 Å². The van der Waals surface area contributed by atoms with E-state index in [1.807, 2.05) is 0 Å². The molecule has 1 atom stereocenters. The minimum absolute atomic E-state index is 0.149. The number of nitrogens with zero attached hydrogens (tertiary/aromatic N) is 1. The van der Waals surface area contributed by atoms with Gasteiger partial charge in [-0.25, -0.2) is 8.42 Å². The van der Waals surface area contributed by atoms with Crippen molar-refractivity contribution in [2.75, 3.05) is 19.6 Å². The maximum absolute atomic E-state index is 12.7. The third-order valence-corrected chi connectivity index (χ3v) is 5.58. The molecule has 122 valence electrons. The van der Waals surface area contributed by atoms with Crippen molar-refractivity contribution in [1.82, 2.24) is 9.62 Å². The van der Waals surface area contributed by atoms with Crippen molar-refractivity contribution in [1.29, 1.82) is 0 Å². The third-order valence-electron chi connectivity index (χ3n) is 3.57. The molecule has 1 aromatic carbocycles. The van der Waals surface area contributed by atoms with Crippen molar-refractivity contribution in [3.63, 3.8) is 0 Å². The molecule has 0 spiro atoms. The van der Waals surface area contributed by atoms with Crippen LogP contribution in [0.3, 0.4) is 0 Å². The number of hydrogen-bond acceptors (Lipinski definition) is 3. The summed E-state index contributed by atoms with van der Waals surface area (Å²) in [5.74, 6) is 0. The molecule has 1 aromatic rings. The summed E-state index contributed by atoms with van der Waals surface area (Å²) < 4.78 is 64.7. The highest BCUT2D eigenvalue weighted by atomic mass is 32.2. The number of alkyl halides is 3. The molecule has 1 aliphatic heterocycles. The van der Waals surface area contributed by atoms with Crippen LogP contribution in [-0.4, -0.2) is 44.6 Å². The largest absolute Gasteiger partial charge is 0.416 e. The Labute approximate surface area is 127 Å². The molecule has 0 amide bonds. The lowest BCUT2D eigenvalue weighted by Gasteiger charge is -2.32. The quantitative estimate of drug-likeness (QED) is 0.922. The van der Waals surface area contributed by atoms with Gasteiger partial charge in [0.1, 0.15) is 0 Å². The van der Waals surface area contributed by atoms with Crippen LogP contribution in [-0.2, 0) is 10.0 Å². The van der Waals surface area contributed by atoms with Crippen molar-refractivity contribution in [2.45, 2.75) is 24.0 Å². The first-order valence-electron chi connectivity index (χ1n) is 6.73. The van der Waals surface area contributed by atoms with Gasteiger partial charge in [0.2, 0.25) is 10.0 Å². The van der Waals surface area contributed by atoms with Crippen molar-refractivity contribution in [2.24, 2.45) is 0 Å². The molecule has 8 heteroatoms. The molecule has 1 fully saturated rings. The summed E-state index contributed by atoms with van der Waals surface area (Å²) >= 11 is 0. The molecule has 1 unspecified atom stereocenters. The maximum Gasteiger partial charge on any atom is 0.416 e. The minimum Gasteiger partial charge on any atom is -0.314 e. The molecule has 4 nitrogen and oxygen atoms in total. The molecule has 1 saturated heterocycles. The van der Waals surface area contributed by atoms with Gasteiger partial charge in [-0.2, -0.15) is 17.5 Å². The number of piperazine rings is 1. The number of allylic oxidation sites excluding steroid dienone is 1. The van der Waals surface area contributed by atoms with Crippen molar-refractivity contribution < 1.29 is 21.6 Å². The lowest BCUT2D eigenvalue weighted by Crippen LogP contribution is -2.52. The molecule has 0 radical (unpaired) electrons. The Bertz CT molecular complexity index is 671. The van der Waals surface area contributed by atoms with E-state index in [2.05, 4.69) is 11.9 Å². The number of sulfonamides is 1. The Hall–Kier alpha value is -1.38. The Morgan fingerprint density at radius 2 is 2.09 bits per heavy atom. The van der Waals surface area contributed by atoms with Crippen molar-refractivity contribution in [3.05, 3.63) is 36.4 Å². The van der Waals surface area contributed by atoms with Gasteiger partial charge in [0, 0.05) is 25.7 Å². The van der Waals surface area contributed by atoms with Gasteiger partial charge in [-0.05, 0) is 24.6 Å². The van der Waals surface area contributed by atoms with E-state index in [9.17, 15) is 21.6 Å². The Kier molecular flexibility index (Phi) is 4.65. The molecule has 22 heavy (non-hydrogen) atoms. The van der Waals surface area contributed by atoms with Crippen molar-refractivity contribution in [3.8, 4) is 0 Å². The van der Waals surface area contributed by atoms with E-state index in [1.165, 1.54) is 22.5 Å². The number of benzene rings is 1. The summed E-state index contributed by atoms with van der Waals surface area (Å²) in [5, 5.41) is 3.07. The van der Waals surface area contributed by atoms with Crippen LogP contribution in [0.4, 0.5) is 13.2 Å². The summed E-state index contributed by atoms with van der Waals surface area (Å²) in [7, 11) is -3.83. The fourth-order valence-corrected chi connectivity index (χ4v) is 4.00. The highest BCUT2D eigenvalue weighted by Crippen LogP contribution is 2.33. The molecule has 2 rings (SSSR count). The smallest absolute Gasteiger partial charge is 0.314 e. The molecular weight excluding hydrogens is 317 g/mol. The van der Waals surface area contributed by atoms with E-state index in [0.29, 0.717) is 13.1 Å². The molecule has 1 N–H and O–H groups in total. The maximum atomic E-state index is 12.7. The van der Waals surface area contributed by atoms with Crippen LogP contribution in [0.15, 0.2) is 35.7 Å². The number of rotatable bonds is 3. The van der Waals surface area contributed by atoms with Crippen LogP contribution in [0.1, 0.15) is 12.5 Å².